The summed E-state index contributed by atoms with van der Waals surface area (Å²) >= 11 is 0. The van der Waals surface area contributed by atoms with Crippen molar-refractivity contribution < 1.29 is 18.8 Å². The molecule has 0 saturated carbocycles. The van der Waals surface area contributed by atoms with Crippen molar-refractivity contribution in [2.75, 3.05) is 50.1 Å². The van der Waals surface area contributed by atoms with Gasteiger partial charge >= 0.3 is 6.03 Å². The lowest BCUT2D eigenvalue weighted by atomic mass is 9.93. The zero-order valence-corrected chi connectivity index (χ0v) is 21.4. The van der Waals surface area contributed by atoms with Crippen LogP contribution in [0, 0.1) is 0 Å². The van der Waals surface area contributed by atoms with Gasteiger partial charge in [0.15, 0.2) is 5.82 Å². The van der Waals surface area contributed by atoms with Crippen molar-refractivity contribution in [1.29, 1.82) is 0 Å². The maximum absolute atomic E-state index is 12.4. The fourth-order valence-corrected chi connectivity index (χ4v) is 4.00. The number of anilines is 2. The molecule has 0 radical (unpaired) electrons. The monoisotopic (exact) mass is 504 g/mol. The van der Waals surface area contributed by atoms with Crippen molar-refractivity contribution in [2.45, 2.75) is 26.2 Å². The molecule has 10 nitrogen and oxygen atoms in total. The molecule has 194 valence electrons. The summed E-state index contributed by atoms with van der Waals surface area (Å²) in [6.45, 7) is 11.0. The predicted octanol–water partition coefficient (Wildman–Crippen LogP) is 4.64. The molecule has 3 aromatic heterocycles. The first kappa shape index (κ1) is 24.8. The molecular formula is C27H32N6O4. The molecule has 0 bridgehead atoms. The Bertz CT molecular complexity index is 1350. The number of nitrogens with zero attached hydrogens (tertiary/aromatic N) is 4. The molecule has 1 aliphatic rings. The summed E-state index contributed by atoms with van der Waals surface area (Å²) in [5, 5.41) is 9.41. The van der Waals surface area contributed by atoms with Gasteiger partial charge in [0, 0.05) is 48.6 Å². The first-order valence-corrected chi connectivity index (χ1v) is 12.4. The average molecular weight is 505 g/mol. The molecule has 4 heterocycles. The summed E-state index contributed by atoms with van der Waals surface area (Å²) < 4.78 is 18.6. The van der Waals surface area contributed by atoms with Crippen molar-refractivity contribution in [1.82, 2.24) is 19.4 Å². The van der Waals surface area contributed by atoms with Crippen LogP contribution in [-0.4, -0.2) is 64.9 Å². The van der Waals surface area contributed by atoms with Crippen LogP contribution in [0.3, 0.4) is 0 Å². The van der Waals surface area contributed by atoms with Gasteiger partial charge in [-0.3, -0.25) is 10.2 Å². The molecule has 2 amide bonds. The molecule has 1 fully saturated rings. The summed E-state index contributed by atoms with van der Waals surface area (Å²) in [5.74, 6) is 1.87. The van der Waals surface area contributed by atoms with Gasteiger partial charge in [0.05, 0.1) is 25.1 Å². The minimum atomic E-state index is -0.393. The number of fused-ring (bicyclic) bond motifs is 1. The van der Waals surface area contributed by atoms with E-state index in [0.29, 0.717) is 23.9 Å². The number of benzene rings is 1. The van der Waals surface area contributed by atoms with E-state index >= 15 is 0 Å². The van der Waals surface area contributed by atoms with Crippen LogP contribution in [0.1, 0.15) is 26.5 Å². The normalized spacial score (nSPS) is 14.6. The van der Waals surface area contributed by atoms with Crippen molar-refractivity contribution in [3.05, 3.63) is 60.6 Å². The van der Waals surface area contributed by atoms with E-state index in [-0.39, 0.29) is 5.41 Å². The van der Waals surface area contributed by atoms with Crippen molar-refractivity contribution in [3.63, 3.8) is 0 Å². The van der Waals surface area contributed by atoms with Crippen LogP contribution in [-0.2, 0) is 10.2 Å². The minimum absolute atomic E-state index is 0.186. The molecule has 5 rings (SSSR count). The number of rotatable bonds is 7. The molecule has 37 heavy (non-hydrogen) atoms. The molecule has 1 saturated heterocycles. The minimum Gasteiger partial charge on any atom is -0.491 e. The Hall–Kier alpha value is -3.89. The van der Waals surface area contributed by atoms with Crippen LogP contribution in [0.25, 0.3) is 16.9 Å². The lowest BCUT2D eigenvalue weighted by molar-refractivity contribution is 0.0322. The molecule has 0 spiro atoms. The molecule has 2 N–H and O–H groups in total. The Kier molecular flexibility index (Phi) is 7.11. The second-order valence-electron chi connectivity index (χ2n) is 10.0. The fraction of sp³-hybridized carbons (Fsp3) is 0.370. The standard InChI is InChI=1S/C27H32N6O4/c1-27(2,3)23-16-24(31-37-23)30-26(34)28-20-6-4-19(5-7-20)22-18-33-17-21(8-9-25(33)29-22)36-15-12-32-10-13-35-14-11-32/h4-9,16-18H,10-15H2,1-3H3,(H2,28,30,31,34). The van der Waals surface area contributed by atoms with Gasteiger partial charge in [0.25, 0.3) is 0 Å². The topological polar surface area (TPSA) is 106 Å². The molecule has 0 aliphatic carbocycles. The summed E-state index contributed by atoms with van der Waals surface area (Å²) in [7, 11) is 0. The SMILES string of the molecule is CC(C)(C)c1cc(NC(=O)Nc2ccc(-c3cn4cc(OCCN5CCOCC5)ccc4n3)cc2)no1. The number of nitrogens with one attached hydrogen (secondary N) is 2. The summed E-state index contributed by atoms with van der Waals surface area (Å²) in [5.41, 5.74) is 3.07. The number of hydrogen-bond acceptors (Lipinski definition) is 7. The second-order valence-corrected chi connectivity index (χ2v) is 10.0. The van der Waals surface area contributed by atoms with Crippen molar-refractivity contribution in [3.8, 4) is 17.0 Å². The first-order chi connectivity index (χ1) is 17.8. The Morgan fingerprint density at radius 3 is 2.57 bits per heavy atom. The van der Waals surface area contributed by atoms with Crippen LogP contribution >= 0.6 is 0 Å². The number of carbonyl (C=O) groups is 1. The van der Waals surface area contributed by atoms with Crippen LogP contribution in [0.5, 0.6) is 5.75 Å². The number of hydrogen-bond donors (Lipinski definition) is 2. The average Bonchev–Trinajstić information content (AvgIpc) is 3.52. The predicted molar refractivity (Wildman–Crippen MR) is 141 cm³/mol. The number of imidazole rings is 1. The zero-order valence-electron chi connectivity index (χ0n) is 21.4. The maximum atomic E-state index is 12.4. The number of morpholine rings is 1. The highest BCUT2D eigenvalue weighted by Crippen LogP contribution is 2.25. The van der Waals surface area contributed by atoms with E-state index in [9.17, 15) is 4.79 Å². The lowest BCUT2D eigenvalue weighted by Crippen LogP contribution is -2.38. The quantitative estimate of drug-likeness (QED) is 0.378. The van der Waals surface area contributed by atoms with E-state index in [1.165, 1.54) is 0 Å². The summed E-state index contributed by atoms with van der Waals surface area (Å²) in [6, 6.07) is 12.7. The number of pyridine rings is 1. The highest BCUT2D eigenvalue weighted by atomic mass is 16.5. The highest BCUT2D eigenvalue weighted by Gasteiger charge is 2.20. The fourth-order valence-electron chi connectivity index (χ4n) is 4.00. The molecule has 10 heteroatoms. The van der Waals surface area contributed by atoms with Gasteiger partial charge in [-0.1, -0.05) is 38.1 Å². The third kappa shape index (κ3) is 6.28. The van der Waals surface area contributed by atoms with Crippen molar-refractivity contribution in [2.24, 2.45) is 0 Å². The number of amides is 2. The van der Waals surface area contributed by atoms with E-state index in [1.54, 1.807) is 6.07 Å². The Morgan fingerprint density at radius 1 is 1.05 bits per heavy atom. The lowest BCUT2D eigenvalue weighted by Gasteiger charge is -2.26. The van der Waals surface area contributed by atoms with Gasteiger partial charge in [-0.2, -0.15) is 0 Å². The van der Waals surface area contributed by atoms with Gasteiger partial charge in [-0.25, -0.2) is 9.78 Å². The van der Waals surface area contributed by atoms with E-state index < -0.39 is 6.03 Å². The third-order valence-corrected chi connectivity index (χ3v) is 6.13. The van der Waals surface area contributed by atoms with Gasteiger partial charge in [-0.05, 0) is 24.3 Å². The number of aromatic nitrogens is 3. The van der Waals surface area contributed by atoms with E-state index in [1.807, 2.05) is 74.0 Å². The molecule has 1 aromatic carbocycles. The largest absolute Gasteiger partial charge is 0.491 e. The van der Waals surface area contributed by atoms with Crippen molar-refractivity contribution >= 4 is 23.2 Å². The van der Waals surface area contributed by atoms with E-state index in [2.05, 4.69) is 20.7 Å². The molecule has 0 atom stereocenters. The molecule has 0 unspecified atom stereocenters. The van der Waals surface area contributed by atoms with Gasteiger partial charge in [0.2, 0.25) is 0 Å². The number of ether oxygens (including phenoxy) is 2. The Morgan fingerprint density at radius 2 is 1.84 bits per heavy atom. The Labute approximate surface area is 215 Å². The van der Waals surface area contributed by atoms with Gasteiger partial charge in [-0.15, -0.1) is 0 Å². The second kappa shape index (κ2) is 10.6. The maximum Gasteiger partial charge on any atom is 0.324 e. The number of urea groups is 1. The number of carbonyl (C=O) groups excluding carboxylic acids is 1. The smallest absolute Gasteiger partial charge is 0.324 e. The summed E-state index contributed by atoms with van der Waals surface area (Å²) in [4.78, 5) is 19.4. The molecular weight excluding hydrogens is 472 g/mol. The van der Waals surface area contributed by atoms with Gasteiger partial charge in [0.1, 0.15) is 23.8 Å². The first-order valence-electron chi connectivity index (χ1n) is 12.4. The zero-order chi connectivity index (χ0) is 25.8. The van der Waals surface area contributed by atoms with Crippen LogP contribution < -0.4 is 15.4 Å². The van der Waals surface area contributed by atoms with Gasteiger partial charge < -0.3 is 23.7 Å². The summed E-state index contributed by atoms with van der Waals surface area (Å²) in [6.07, 6.45) is 3.91. The van der Waals surface area contributed by atoms with E-state index in [0.717, 1.165) is 55.5 Å². The highest BCUT2D eigenvalue weighted by molar-refractivity contribution is 5.99. The van der Waals surface area contributed by atoms with Crippen LogP contribution in [0.15, 0.2) is 59.4 Å². The van der Waals surface area contributed by atoms with Crippen LogP contribution in [0.2, 0.25) is 0 Å². The third-order valence-electron chi connectivity index (χ3n) is 6.13. The Balaban J connectivity index is 1.17. The van der Waals surface area contributed by atoms with E-state index in [4.69, 9.17) is 19.0 Å². The molecule has 1 aliphatic heterocycles. The molecule has 4 aromatic rings. The van der Waals surface area contributed by atoms with Crippen LogP contribution in [0.4, 0.5) is 16.3 Å².